The van der Waals surface area contributed by atoms with Gasteiger partial charge in [0.1, 0.15) is 0 Å². The molecule has 2 aromatic rings. The molecule has 2 aromatic carbocycles. The van der Waals surface area contributed by atoms with Crippen molar-refractivity contribution in [2.24, 2.45) is 0 Å². The van der Waals surface area contributed by atoms with Gasteiger partial charge in [0.15, 0.2) is 0 Å². The number of hydrogen-bond acceptors (Lipinski definition) is 3. The number of nitrogens with zero attached hydrogens (tertiary/aromatic N) is 1. The standard InChI is InChI=1S/C13H9NO3S.Na.H/c14-9-10-1-3-11(4-2-10)12-5-7-13(8-6-12)18(15,16)17;;/h1-8H,(H,15,16,17);;/q;+1;-1. The minimum Gasteiger partial charge on any atom is -1.00 e. The smallest absolute Gasteiger partial charge is 1.00 e. The number of nitriles is 1. The minimum absolute atomic E-state index is 0. The van der Waals surface area contributed by atoms with Crippen LogP contribution in [0, 0.1) is 11.3 Å². The van der Waals surface area contributed by atoms with Gasteiger partial charge in [0.05, 0.1) is 16.5 Å². The van der Waals surface area contributed by atoms with E-state index in [-0.39, 0.29) is 35.9 Å². The van der Waals surface area contributed by atoms with E-state index in [0.29, 0.717) is 5.56 Å². The second kappa shape index (κ2) is 6.33. The summed E-state index contributed by atoms with van der Waals surface area (Å²) in [5.74, 6) is 0. The number of benzene rings is 2. The summed E-state index contributed by atoms with van der Waals surface area (Å²) in [7, 11) is -4.16. The summed E-state index contributed by atoms with van der Waals surface area (Å²) < 4.78 is 30.6. The van der Waals surface area contributed by atoms with E-state index >= 15 is 0 Å². The Hall–Kier alpha value is -1.16. The maximum Gasteiger partial charge on any atom is 1.00 e. The van der Waals surface area contributed by atoms with Crippen LogP contribution >= 0.6 is 0 Å². The zero-order valence-corrected chi connectivity index (χ0v) is 13.1. The van der Waals surface area contributed by atoms with Crippen molar-refractivity contribution in [2.45, 2.75) is 4.90 Å². The van der Waals surface area contributed by atoms with Crippen LogP contribution in [0.3, 0.4) is 0 Å². The van der Waals surface area contributed by atoms with E-state index < -0.39 is 10.1 Å². The summed E-state index contributed by atoms with van der Waals surface area (Å²) in [6.45, 7) is 0. The van der Waals surface area contributed by atoms with Crippen molar-refractivity contribution in [3.63, 3.8) is 0 Å². The first-order valence-electron chi connectivity index (χ1n) is 5.09. The molecule has 2 rings (SSSR count). The van der Waals surface area contributed by atoms with Gasteiger partial charge in [0.2, 0.25) is 0 Å². The molecule has 0 atom stereocenters. The molecule has 0 heterocycles. The van der Waals surface area contributed by atoms with Gasteiger partial charge >= 0.3 is 29.6 Å². The first-order chi connectivity index (χ1) is 8.50. The van der Waals surface area contributed by atoms with E-state index in [1.807, 2.05) is 6.07 Å². The average molecular weight is 283 g/mol. The summed E-state index contributed by atoms with van der Waals surface area (Å²) in [6, 6.07) is 14.8. The van der Waals surface area contributed by atoms with Gasteiger partial charge in [-0.15, -0.1) is 0 Å². The Labute approximate surface area is 135 Å². The molecule has 92 valence electrons. The molecule has 0 unspecified atom stereocenters. The quantitative estimate of drug-likeness (QED) is 0.600. The van der Waals surface area contributed by atoms with Crippen molar-refractivity contribution >= 4 is 10.1 Å². The molecule has 0 aromatic heterocycles. The van der Waals surface area contributed by atoms with E-state index in [4.69, 9.17) is 9.81 Å². The molecular formula is C13H10NNaO3S. The molecule has 19 heavy (non-hydrogen) atoms. The van der Waals surface area contributed by atoms with E-state index in [1.54, 1.807) is 36.4 Å². The van der Waals surface area contributed by atoms with Gasteiger partial charge in [-0.05, 0) is 35.4 Å². The molecule has 0 fully saturated rings. The fourth-order valence-corrected chi connectivity index (χ4v) is 2.04. The molecule has 0 radical (unpaired) electrons. The van der Waals surface area contributed by atoms with Crippen molar-refractivity contribution in [1.29, 1.82) is 5.26 Å². The fraction of sp³-hybridized carbons (Fsp3) is 0. The van der Waals surface area contributed by atoms with Crippen LogP contribution in [0.15, 0.2) is 53.4 Å². The van der Waals surface area contributed by atoms with Crippen molar-refractivity contribution in [1.82, 2.24) is 0 Å². The van der Waals surface area contributed by atoms with Gasteiger partial charge in [0, 0.05) is 0 Å². The zero-order valence-electron chi connectivity index (χ0n) is 11.2. The maximum atomic E-state index is 10.9. The van der Waals surface area contributed by atoms with Gasteiger partial charge in [0.25, 0.3) is 10.1 Å². The topological polar surface area (TPSA) is 78.2 Å². The van der Waals surface area contributed by atoms with Gasteiger partial charge in [-0.2, -0.15) is 13.7 Å². The molecule has 0 aliphatic rings. The van der Waals surface area contributed by atoms with Crippen LogP contribution in [0.25, 0.3) is 11.1 Å². The van der Waals surface area contributed by atoms with Crippen molar-refractivity contribution < 1.29 is 44.0 Å². The summed E-state index contributed by atoms with van der Waals surface area (Å²) in [5, 5.41) is 8.68. The number of rotatable bonds is 2. The van der Waals surface area contributed by atoms with E-state index in [9.17, 15) is 8.42 Å². The molecule has 0 saturated carbocycles. The van der Waals surface area contributed by atoms with Crippen LogP contribution < -0.4 is 29.6 Å². The van der Waals surface area contributed by atoms with E-state index in [2.05, 4.69) is 0 Å². The Morgan fingerprint density at radius 3 is 1.74 bits per heavy atom. The summed E-state index contributed by atoms with van der Waals surface area (Å²) in [6.07, 6.45) is 0. The summed E-state index contributed by atoms with van der Waals surface area (Å²) >= 11 is 0. The third kappa shape index (κ3) is 3.90. The number of hydrogen-bond donors (Lipinski definition) is 1. The van der Waals surface area contributed by atoms with Crippen molar-refractivity contribution in [2.75, 3.05) is 0 Å². The molecule has 0 spiro atoms. The maximum absolute atomic E-state index is 10.9. The van der Waals surface area contributed by atoms with Gasteiger partial charge < -0.3 is 1.43 Å². The molecule has 0 aliphatic carbocycles. The van der Waals surface area contributed by atoms with Gasteiger partial charge in [-0.3, -0.25) is 4.55 Å². The molecule has 0 saturated heterocycles. The molecular weight excluding hydrogens is 273 g/mol. The summed E-state index contributed by atoms with van der Waals surface area (Å²) in [4.78, 5) is -0.139. The third-order valence-electron chi connectivity index (χ3n) is 2.50. The van der Waals surface area contributed by atoms with Crippen LogP contribution in [0.4, 0.5) is 0 Å². The Balaban J connectivity index is 0.00000180. The molecule has 1 N–H and O–H groups in total. The largest absolute Gasteiger partial charge is 1.00 e. The second-order valence-corrected chi connectivity index (χ2v) is 5.11. The van der Waals surface area contributed by atoms with Gasteiger partial charge in [-0.1, -0.05) is 24.3 Å². The first-order valence-corrected chi connectivity index (χ1v) is 6.53. The predicted octanol–water partition coefficient (Wildman–Crippen LogP) is -0.412. The first kappa shape index (κ1) is 15.9. The molecule has 0 aliphatic heterocycles. The molecule has 0 amide bonds. The van der Waals surface area contributed by atoms with Crippen molar-refractivity contribution in [3.05, 3.63) is 54.1 Å². The Kier molecular flexibility index (Phi) is 5.29. The van der Waals surface area contributed by atoms with Crippen LogP contribution in [0.5, 0.6) is 0 Å². The normalized spacial score (nSPS) is 10.3. The molecule has 6 heteroatoms. The average Bonchev–Trinajstić information content (AvgIpc) is 2.38. The monoisotopic (exact) mass is 283 g/mol. The van der Waals surface area contributed by atoms with Crippen LogP contribution in [-0.2, 0) is 10.1 Å². The second-order valence-electron chi connectivity index (χ2n) is 3.69. The minimum atomic E-state index is -4.16. The summed E-state index contributed by atoms with van der Waals surface area (Å²) in [5.41, 5.74) is 2.25. The fourth-order valence-electron chi connectivity index (χ4n) is 1.56. The predicted molar refractivity (Wildman–Crippen MR) is 67.5 cm³/mol. The Bertz CT molecular complexity index is 707. The zero-order chi connectivity index (χ0) is 13.2. The van der Waals surface area contributed by atoms with Crippen LogP contribution in [0.1, 0.15) is 6.99 Å². The third-order valence-corrected chi connectivity index (χ3v) is 3.37. The Morgan fingerprint density at radius 1 is 0.947 bits per heavy atom. The van der Waals surface area contributed by atoms with Gasteiger partial charge in [-0.25, -0.2) is 0 Å². The van der Waals surface area contributed by atoms with Crippen LogP contribution in [0.2, 0.25) is 0 Å². The Morgan fingerprint density at radius 2 is 1.37 bits per heavy atom. The van der Waals surface area contributed by atoms with Crippen LogP contribution in [-0.4, -0.2) is 13.0 Å². The van der Waals surface area contributed by atoms with Crippen molar-refractivity contribution in [3.8, 4) is 17.2 Å². The van der Waals surface area contributed by atoms with E-state index in [0.717, 1.165) is 11.1 Å². The molecule has 0 bridgehead atoms. The van der Waals surface area contributed by atoms with E-state index in [1.165, 1.54) is 12.1 Å². The SMILES string of the molecule is N#Cc1ccc(-c2ccc(S(=O)(=O)O)cc2)cc1.[H-].[Na+]. The molecule has 4 nitrogen and oxygen atoms in total.